The van der Waals surface area contributed by atoms with E-state index >= 15 is 0 Å². The van der Waals surface area contributed by atoms with Gasteiger partial charge in [-0.1, -0.05) is 25.1 Å². The lowest BCUT2D eigenvalue weighted by atomic mass is 9.97. The second-order valence-electron chi connectivity index (χ2n) is 3.80. The highest BCUT2D eigenvalue weighted by atomic mass is 16.5. The summed E-state index contributed by atoms with van der Waals surface area (Å²) < 4.78 is 5.70. The maximum absolute atomic E-state index is 6.04. The molecule has 1 aromatic rings. The fourth-order valence-electron chi connectivity index (χ4n) is 1.93. The molecular weight excluding hydrogens is 174 g/mol. The first-order chi connectivity index (χ1) is 6.83. The van der Waals surface area contributed by atoms with Crippen LogP contribution in [0.15, 0.2) is 18.2 Å². The van der Waals surface area contributed by atoms with Crippen LogP contribution in [-0.2, 0) is 6.42 Å². The van der Waals surface area contributed by atoms with Crippen LogP contribution >= 0.6 is 0 Å². The number of hydrogen-bond donors (Lipinski definition) is 1. The minimum Gasteiger partial charge on any atom is -0.493 e. The predicted octanol–water partition coefficient (Wildman–Crippen LogP) is 2.42. The maximum Gasteiger partial charge on any atom is 0.127 e. The lowest BCUT2D eigenvalue weighted by Crippen LogP contribution is -2.15. The van der Waals surface area contributed by atoms with E-state index in [1.165, 1.54) is 11.1 Å². The Morgan fingerprint density at radius 3 is 3.14 bits per heavy atom. The van der Waals surface area contributed by atoms with Gasteiger partial charge in [-0.05, 0) is 24.8 Å². The van der Waals surface area contributed by atoms with E-state index in [0.29, 0.717) is 0 Å². The monoisotopic (exact) mass is 191 g/mol. The van der Waals surface area contributed by atoms with Gasteiger partial charge in [0.1, 0.15) is 5.75 Å². The summed E-state index contributed by atoms with van der Waals surface area (Å²) in [5, 5.41) is 0. The van der Waals surface area contributed by atoms with E-state index in [-0.39, 0.29) is 6.04 Å². The molecule has 2 N–H and O–H groups in total. The van der Waals surface area contributed by atoms with E-state index in [1.54, 1.807) is 0 Å². The van der Waals surface area contributed by atoms with Crippen LogP contribution in [0.2, 0.25) is 0 Å². The van der Waals surface area contributed by atoms with E-state index in [2.05, 4.69) is 25.1 Å². The molecule has 2 heteroatoms. The van der Waals surface area contributed by atoms with E-state index in [9.17, 15) is 0 Å². The van der Waals surface area contributed by atoms with E-state index < -0.39 is 0 Å². The molecule has 0 radical (unpaired) electrons. The average Bonchev–Trinajstić information content (AvgIpc) is 2.27. The van der Waals surface area contributed by atoms with Crippen molar-refractivity contribution >= 4 is 0 Å². The fourth-order valence-corrected chi connectivity index (χ4v) is 1.93. The van der Waals surface area contributed by atoms with Crippen LogP contribution < -0.4 is 10.5 Å². The van der Waals surface area contributed by atoms with Crippen molar-refractivity contribution in [1.82, 2.24) is 0 Å². The minimum atomic E-state index is 0.114. The molecule has 1 aliphatic heterocycles. The van der Waals surface area contributed by atoms with E-state index in [1.807, 2.05) is 0 Å². The molecule has 76 valence electrons. The van der Waals surface area contributed by atoms with Crippen molar-refractivity contribution < 1.29 is 4.74 Å². The molecule has 2 rings (SSSR count). The van der Waals surface area contributed by atoms with Crippen LogP contribution in [0.3, 0.4) is 0 Å². The summed E-state index contributed by atoms with van der Waals surface area (Å²) in [4.78, 5) is 0. The number of nitrogens with two attached hydrogens (primary N) is 1. The van der Waals surface area contributed by atoms with Gasteiger partial charge >= 0.3 is 0 Å². The summed E-state index contributed by atoms with van der Waals surface area (Å²) in [5.74, 6) is 1.05. The van der Waals surface area contributed by atoms with Crippen molar-refractivity contribution in [2.75, 3.05) is 6.61 Å². The summed E-state index contributed by atoms with van der Waals surface area (Å²) >= 11 is 0. The number of ether oxygens (including phenoxy) is 1. The molecule has 1 aliphatic rings. The van der Waals surface area contributed by atoms with Gasteiger partial charge in [-0.25, -0.2) is 0 Å². The summed E-state index contributed by atoms with van der Waals surface area (Å²) in [6.07, 6.45) is 3.21. The summed E-state index contributed by atoms with van der Waals surface area (Å²) in [6.45, 7) is 2.94. The maximum atomic E-state index is 6.04. The molecule has 0 saturated heterocycles. The third kappa shape index (κ3) is 1.62. The molecular formula is C12H17NO. The number of benzene rings is 1. The Kier molecular flexibility index (Phi) is 2.73. The molecule has 0 spiro atoms. The van der Waals surface area contributed by atoms with Gasteiger partial charge in [0.25, 0.3) is 0 Å². The molecule has 2 nitrogen and oxygen atoms in total. The molecule has 1 atom stereocenters. The number of fused-ring (bicyclic) bond motifs is 1. The molecule has 0 amide bonds. The second-order valence-corrected chi connectivity index (χ2v) is 3.80. The van der Waals surface area contributed by atoms with Crippen LogP contribution in [0.25, 0.3) is 0 Å². The highest BCUT2D eigenvalue weighted by Crippen LogP contribution is 2.32. The Balaban J connectivity index is 2.39. The largest absolute Gasteiger partial charge is 0.493 e. The fraction of sp³-hybridized carbons (Fsp3) is 0.500. The van der Waals surface area contributed by atoms with Crippen molar-refractivity contribution in [1.29, 1.82) is 0 Å². The van der Waals surface area contributed by atoms with Crippen molar-refractivity contribution in [3.8, 4) is 5.75 Å². The quantitative estimate of drug-likeness (QED) is 0.779. The van der Waals surface area contributed by atoms with Gasteiger partial charge in [-0.2, -0.15) is 0 Å². The average molecular weight is 191 g/mol. The molecule has 0 aliphatic carbocycles. The Morgan fingerprint density at radius 1 is 1.50 bits per heavy atom. The highest BCUT2D eigenvalue weighted by molar-refractivity contribution is 5.44. The van der Waals surface area contributed by atoms with Gasteiger partial charge in [0.15, 0.2) is 0 Å². The van der Waals surface area contributed by atoms with Gasteiger partial charge in [0.05, 0.1) is 6.61 Å². The standard InChI is InChI=1S/C12H17NO/c1-2-11(13)10-7-3-5-9-6-4-8-14-12(9)10/h3,5,7,11H,2,4,6,8,13H2,1H3/t11-/m0/s1. The highest BCUT2D eigenvalue weighted by Gasteiger charge is 2.17. The lowest BCUT2D eigenvalue weighted by Gasteiger charge is -2.22. The van der Waals surface area contributed by atoms with Crippen molar-refractivity contribution in [2.24, 2.45) is 5.73 Å². The summed E-state index contributed by atoms with van der Waals surface area (Å²) in [6, 6.07) is 6.42. The lowest BCUT2D eigenvalue weighted by molar-refractivity contribution is 0.283. The zero-order valence-corrected chi connectivity index (χ0v) is 8.62. The van der Waals surface area contributed by atoms with E-state index in [0.717, 1.165) is 31.6 Å². The molecule has 1 heterocycles. The molecule has 0 unspecified atom stereocenters. The van der Waals surface area contributed by atoms with Gasteiger partial charge in [0, 0.05) is 11.6 Å². The van der Waals surface area contributed by atoms with Crippen LogP contribution in [-0.4, -0.2) is 6.61 Å². The third-order valence-corrected chi connectivity index (χ3v) is 2.80. The zero-order chi connectivity index (χ0) is 9.97. The first kappa shape index (κ1) is 9.53. The number of rotatable bonds is 2. The molecule has 1 aromatic carbocycles. The van der Waals surface area contributed by atoms with Gasteiger partial charge in [-0.15, -0.1) is 0 Å². The van der Waals surface area contributed by atoms with E-state index in [4.69, 9.17) is 10.5 Å². The van der Waals surface area contributed by atoms with Crippen LogP contribution in [0.5, 0.6) is 5.75 Å². The first-order valence-electron chi connectivity index (χ1n) is 5.33. The number of para-hydroxylation sites is 1. The topological polar surface area (TPSA) is 35.2 Å². The van der Waals surface area contributed by atoms with Crippen molar-refractivity contribution in [3.05, 3.63) is 29.3 Å². The molecule has 14 heavy (non-hydrogen) atoms. The van der Waals surface area contributed by atoms with Crippen LogP contribution in [0.4, 0.5) is 0 Å². The Hall–Kier alpha value is -1.02. The molecule has 0 saturated carbocycles. The van der Waals surface area contributed by atoms with Crippen LogP contribution in [0, 0.1) is 0 Å². The number of aryl methyl sites for hydroxylation is 1. The second kappa shape index (κ2) is 4.01. The van der Waals surface area contributed by atoms with Crippen LogP contribution in [0.1, 0.15) is 36.9 Å². The summed E-state index contributed by atoms with van der Waals surface area (Å²) in [7, 11) is 0. The summed E-state index contributed by atoms with van der Waals surface area (Å²) in [5.41, 5.74) is 8.53. The zero-order valence-electron chi connectivity index (χ0n) is 8.62. The minimum absolute atomic E-state index is 0.114. The normalized spacial score (nSPS) is 17.0. The third-order valence-electron chi connectivity index (χ3n) is 2.80. The van der Waals surface area contributed by atoms with Gasteiger partial charge in [0.2, 0.25) is 0 Å². The first-order valence-corrected chi connectivity index (χ1v) is 5.33. The Bertz CT molecular complexity index is 322. The van der Waals surface area contributed by atoms with Crippen molar-refractivity contribution in [3.63, 3.8) is 0 Å². The Morgan fingerprint density at radius 2 is 2.36 bits per heavy atom. The molecule has 0 bridgehead atoms. The smallest absolute Gasteiger partial charge is 0.127 e. The number of hydrogen-bond acceptors (Lipinski definition) is 2. The molecule has 0 fully saturated rings. The van der Waals surface area contributed by atoms with Crippen molar-refractivity contribution in [2.45, 2.75) is 32.2 Å². The Labute approximate surface area is 85.1 Å². The van der Waals surface area contributed by atoms with Gasteiger partial charge in [-0.3, -0.25) is 0 Å². The predicted molar refractivity (Wildman–Crippen MR) is 57.5 cm³/mol. The SMILES string of the molecule is CC[C@H](N)c1cccc2c1OCCC2. The molecule has 0 aromatic heterocycles. The van der Waals surface area contributed by atoms with Gasteiger partial charge < -0.3 is 10.5 Å².